The van der Waals surface area contributed by atoms with Crippen LogP contribution in [-0.2, 0) is 0 Å². The SMILES string of the molecule is O=C(O)c1ccc(-n2cc(/C=N/Nc3c(F)c(F)cc(F)c3F)c(-c3ccc(I)cc3)n2)cc1. The molecule has 3 aromatic carbocycles. The Balaban J connectivity index is 1.72. The van der Waals surface area contributed by atoms with E-state index >= 15 is 0 Å². The van der Waals surface area contributed by atoms with Gasteiger partial charge in [0, 0.05) is 27.0 Å². The van der Waals surface area contributed by atoms with E-state index in [2.05, 4.69) is 32.8 Å². The minimum atomic E-state index is -1.61. The molecule has 34 heavy (non-hydrogen) atoms. The second kappa shape index (κ2) is 9.63. The van der Waals surface area contributed by atoms with Crippen molar-refractivity contribution in [1.82, 2.24) is 9.78 Å². The van der Waals surface area contributed by atoms with E-state index in [-0.39, 0.29) is 11.6 Å². The lowest BCUT2D eigenvalue weighted by Crippen LogP contribution is -2.02. The first kappa shape index (κ1) is 23.4. The Morgan fingerprint density at radius 3 is 2.21 bits per heavy atom. The van der Waals surface area contributed by atoms with Crippen molar-refractivity contribution in [2.75, 3.05) is 5.43 Å². The van der Waals surface area contributed by atoms with E-state index in [0.29, 0.717) is 22.5 Å². The number of halogens is 5. The average Bonchev–Trinajstić information content (AvgIpc) is 3.24. The topological polar surface area (TPSA) is 79.5 Å². The first-order chi connectivity index (χ1) is 16.2. The molecule has 1 aromatic heterocycles. The molecule has 0 aliphatic rings. The fourth-order valence-electron chi connectivity index (χ4n) is 3.04. The normalized spacial score (nSPS) is 11.2. The number of carboxylic acids is 1. The van der Waals surface area contributed by atoms with Crippen molar-refractivity contribution in [2.45, 2.75) is 0 Å². The van der Waals surface area contributed by atoms with Gasteiger partial charge in [-0.2, -0.15) is 10.2 Å². The first-order valence-corrected chi connectivity index (χ1v) is 10.6. The fourth-order valence-corrected chi connectivity index (χ4v) is 3.40. The van der Waals surface area contributed by atoms with Crippen LogP contribution in [0.3, 0.4) is 0 Å². The largest absolute Gasteiger partial charge is 0.478 e. The van der Waals surface area contributed by atoms with Crippen LogP contribution in [-0.4, -0.2) is 27.1 Å². The van der Waals surface area contributed by atoms with Crippen LogP contribution in [0.5, 0.6) is 0 Å². The quantitative estimate of drug-likeness (QED) is 0.0988. The molecule has 6 nitrogen and oxygen atoms in total. The Morgan fingerprint density at radius 2 is 1.62 bits per heavy atom. The Morgan fingerprint density at radius 1 is 1.00 bits per heavy atom. The number of hydrazone groups is 1. The molecule has 0 radical (unpaired) electrons. The third-order valence-electron chi connectivity index (χ3n) is 4.73. The summed E-state index contributed by atoms with van der Waals surface area (Å²) in [6, 6.07) is 13.4. The summed E-state index contributed by atoms with van der Waals surface area (Å²) in [5, 5.41) is 17.3. The summed E-state index contributed by atoms with van der Waals surface area (Å²) < 4.78 is 57.1. The molecule has 0 saturated heterocycles. The number of anilines is 1. The molecule has 0 saturated carbocycles. The molecule has 0 aliphatic carbocycles. The van der Waals surface area contributed by atoms with Gasteiger partial charge in [0.2, 0.25) is 0 Å². The van der Waals surface area contributed by atoms with Crippen LogP contribution >= 0.6 is 22.6 Å². The van der Waals surface area contributed by atoms with Gasteiger partial charge in [-0.05, 0) is 59.0 Å². The highest BCUT2D eigenvalue weighted by molar-refractivity contribution is 14.1. The molecule has 4 rings (SSSR count). The lowest BCUT2D eigenvalue weighted by molar-refractivity contribution is 0.0697. The van der Waals surface area contributed by atoms with Gasteiger partial charge in [-0.25, -0.2) is 27.0 Å². The smallest absolute Gasteiger partial charge is 0.335 e. The van der Waals surface area contributed by atoms with Gasteiger partial charge in [-0.15, -0.1) is 0 Å². The van der Waals surface area contributed by atoms with Crippen molar-refractivity contribution >= 4 is 40.5 Å². The number of nitrogens with zero attached hydrogens (tertiary/aromatic N) is 3. The minimum absolute atomic E-state index is 0.103. The predicted octanol–water partition coefficient (Wildman–Crippen LogP) is 5.84. The number of hydrogen-bond donors (Lipinski definition) is 2. The van der Waals surface area contributed by atoms with Gasteiger partial charge in [0.15, 0.2) is 23.3 Å². The molecule has 0 unspecified atom stereocenters. The van der Waals surface area contributed by atoms with E-state index in [9.17, 15) is 22.4 Å². The summed E-state index contributed by atoms with van der Waals surface area (Å²) in [6.07, 6.45) is 2.76. The third kappa shape index (κ3) is 4.78. The summed E-state index contributed by atoms with van der Waals surface area (Å²) >= 11 is 2.15. The summed E-state index contributed by atoms with van der Waals surface area (Å²) in [5.41, 5.74) is 3.16. The molecule has 11 heteroatoms. The molecule has 2 N–H and O–H groups in total. The molecule has 0 fully saturated rings. The Kier molecular flexibility index (Phi) is 6.63. The number of nitrogens with one attached hydrogen (secondary N) is 1. The van der Waals surface area contributed by atoms with Gasteiger partial charge in [0.05, 0.1) is 17.5 Å². The van der Waals surface area contributed by atoms with Gasteiger partial charge < -0.3 is 5.11 Å². The van der Waals surface area contributed by atoms with Crippen molar-refractivity contribution in [3.05, 3.63) is 98.8 Å². The first-order valence-electron chi connectivity index (χ1n) is 9.56. The zero-order valence-electron chi connectivity index (χ0n) is 16.9. The van der Waals surface area contributed by atoms with Crippen LogP contribution in [0.25, 0.3) is 16.9 Å². The van der Waals surface area contributed by atoms with Crippen molar-refractivity contribution in [3.63, 3.8) is 0 Å². The van der Waals surface area contributed by atoms with E-state index < -0.39 is 34.9 Å². The summed E-state index contributed by atoms with van der Waals surface area (Å²) in [7, 11) is 0. The second-order valence-corrected chi connectivity index (χ2v) is 8.20. The Labute approximate surface area is 203 Å². The lowest BCUT2D eigenvalue weighted by Gasteiger charge is -2.05. The van der Waals surface area contributed by atoms with Crippen LogP contribution in [0.1, 0.15) is 15.9 Å². The minimum Gasteiger partial charge on any atom is -0.478 e. The van der Waals surface area contributed by atoms with E-state index in [1.807, 2.05) is 29.7 Å². The van der Waals surface area contributed by atoms with Gasteiger partial charge in [0.25, 0.3) is 0 Å². The number of rotatable bonds is 6. The monoisotopic (exact) mass is 580 g/mol. The fraction of sp³-hybridized carbons (Fsp3) is 0. The van der Waals surface area contributed by atoms with Crippen LogP contribution in [0, 0.1) is 26.8 Å². The molecule has 0 amide bonds. The van der Waals surface area contributed by atoms with Crippen LogP contribution in [0.4, 0.5) is 23.2 Å². The van der Waals surface area contributed by atoms with E-state index in [4.69, 9.17) is 5.11 Å². The van der Waals surface area contributed by atoms with E-state index in [1.165, 1.54) is 23.0 Å². The number of benzene rings is 3. The number of hydrogen-bond acceptors (Lipinski definition) is 4. The Hall–Kier alpha value is -3.74. The van der Waals surface area contributed by atoms with E-state index in [0.717, 1.165) is 3.57 Å². The zero-order valence-corrected chi connectivity index (χ0v) is 19.1. The van der Waals surface area contributed by atoms with Gasteiger partial charge in [0.1, 0.15) is 11.4 Å². The van der Waals surface area contributed by atoms with Gasteiger partial charge in [-0.1, -0.05) is 12.1 Å². The number of aromatic nitrogens is 2. The van der Waals surface area contributed by atoms with Gasteiger partial charge >= 0.3 is 5.97 Å². The molecule has 4 aromatic rings. The third-order valence-corrected chi connectivity index (χ3v) is 5.45. The lowest BCUT2D eigenvalue weighted by atomic mass is 10.1. The predicted molar refractivity (Wildman–Crippen MR) is 126 cm³/mol. The highest BCUT2D eigenvalue weighted by atomic mass is 127. The molecular formula is C23H13F4IN4O2. The highest BCUT2D eigenvalue weighted by Crippen LogP contribution is 2.26. The average molecular weight is 580 g/mol. The molecule has 1 heterocycles. The van der Waals surface area contributed by atoms with Crippen LogP contribution in [0.15, 0.2) is 65.9 Å². The number of aromatic carboxylic acids is 1. The highest BCUT2D eigenvalue weighted by Gasteiger charge is 2.19. The maximum atomic E-state index is 13.9. The maximum absolute atomic E-state index is 13.9. The summed E-state index contributed by atoms with van der Waals surface area (Å²) in [4.78, 5) is 11.1. The zero-order chi connectivity index (χ0) is 24.4. The van der Waals surface area contributed by atoms with Crippen molar-refractivity contribution in [1.29, 1.82) is 0 Å². The molecule has 0 spiro atoms. The molecular weight excluding hydrogens is 567 g/mol. The Bertz CT molecular complexity index is 1380. The van der Waals surface area contributed by atoms with Crippen LogP contribution in [0.2, 0.25) is 0 Å². The maximum Gasteiger partial charge on any atom is 0.335 e. The summed E-state index contributed by atoms with van der Waals surface area (Å²) in [6.45, 7) is 0. The number of carboxylic acid groups (broad SMARTS) is 1. The van der Waals surface area contributed by atoms with Crippen molar-refractivity contribution < 1.29 is 27.5 Å². The number of carbonyl (C=O) groups is 1. The second-order valence-electron chi connectivity index (χ2n) is 6.95. The standard InChI is InChI=1S/C23H13F4IN4O2/c24-17-9-18(25)20(27)22(19(17)26)30-29-10-14-11-32(16-7-3-13(4-8-16)23(33)34)31-21(14)12-1-5-15(28)6-2-12/h1-11,30H,(H,33,34)/b29-10+. The molecule has 0 atom stereocenters. The molecule has 0 aliphatic heterocycles. The molecule has 0 bridgehead atoms. The summed E-state index contributed by atoms with van der Waals surface area (Å²) in [5.74, 6) is -7.41. The van der Waals surface area contributed by atoms with Crippen molar-refractivity contribution in [2.24, 2.45) is 5.10 Å². The van der Waals surface area contributed by atoms with E-state index in [1.54, 1.807) is 18.3 Å². The van der Waals surface area contributed by atoms with Gasteiger partial charge in [-0.3, -0.25) is 5.43 Å². The molecule has 172 valence electrons. The van der Waals surface area contributed by atoms with Crippen molar-refractivity contribution in [3.8, 4) is 16.9 Å². The van der Waals surface area contributed by atoms with Crippen LogP contribution < -0.4 is 5.43 Å².